The van der Waals surface area contributed by atoms with E-state index in [4.69, 9.17) is 0 Å². The van der Waals surface area contributed by atoms with Gasteiger partial charge in [0.2, 0.25) is 5.82 Å². The molecule has 1 aromatic carbocycles. The van der Waals surface area contributed by atoms with Gasteiger partial charge in [0.25, 0.3) is 0 Å². The highest BCUT2D eigenvalue weighted by atomic mass is 19.3. The molecule has 2 heterocycles. The molecule has 0 aliphatic carbocycles. The van der Waals surface area contributed by atoms with Crippen LogP contribution in [-0.4, -0.2) is 29.8 Å². The Morgan fingerprint density at radius 1 is 1.27 bits per heavy atom. The predicted molar refractivity (Wildman–Crippen MR) is 70.5 cm³/mol. The van der Waals surface area contributed by atoms with Crippen LogP contribution in [0.25, 0.3) is 11.4 Å². The van der Waals surface area contributed by atoms with Gasteiger partial charge in [-0.05, 0) is 35.9 Å². The van der Waals surface area contributed by atoms with Crippen LogP contribution < -0.4 is 0 Å². The lowest BCUT2D eigenvalue weighted by atomic mass is 10.1. The number of tetrazole rings is 1. The summed E-state index contributed by atoms with van der Waals surface area (Å²) >= 11 is 0. The number of nitrogens with zero attached hydrogens (tertiary/aromatic N) is 6. The number of alkyl halides is 2. The summed E-state index contributed by atoms with van der Waals surface area (Å²) in [5.74, 6) is 0.0857. The Balaban J connectivity index is 1.84. The summed E-state index contributed by atoms with van der Waals surface area (Å²) in [6.07, 6.45) is 2.46. The summed E-state index contributed by atoms with van der Waals surface area (Å²) in [6, 6.07) is 4.44. The Hall–Kier alpha value is -2.71. The van der Waals surface area contributed by atoms with Crippen molar-refractivity contribution in [3.05, 3.63) is 47.8 Å². The van der Waals surface area contributed by atoms with Crippen molar-refractivity contribution in [2.24, 2.45) is 0 Å². The van der Waals surface area contributed by atoms with E-state index < -0.39 is 6.55 Å². The van der Waals surface area contributed by atoms with Crippen LogP contribution in [-0.2, 0) is 6.54 Å². The predicted octanol–water partition coefficient (Wildman–Crippen LogP) is 2.43. The Morgan fingerprint density at radius 3 is 2.82 bits per heavy atom. The summed E-state index contributed by atoms with van der Waals surface area (Å²) in [4.78, 5) is 5.01. The van der Waals surface area contributed by atoms with Crippen LogP contribution in [0.5, 0.6) is 0 Å². The van der Waals surface area contributed by atoms with Crippen molar-refractivity contribution in [1.82, 2.24) is 29.8 Å². The molecule has 0 aliphatic rings. The molecular weight excluding hydrogens is 297 g/mol. The molecule has 0 aliphatic heterocycles. The van der Waals surface area contributed by atoms with Gasteiger partial charge in [0.15, 0.2) is 0 Å². The van der Waals surface area contributed by atoms with Crippen molar-refractivity contribution in [3.63, 3.8) is 0 Å². The molecule has 0 fully saturated rings. The quantitative estimate of drug-likeness (QED) is 0.742. The van der Waals surface area contributed by atoms with Gasteiger partial charge in [0.05, 0.1) is 0 Å². The molecule has 2 aromatic heterocycles. The normalized spacial score (nSPS) is 11.3. The Morgan fingerprint density at radius 2 is 2.09 bits per heavy atom. The van der Waals surface area contributed by atoms with E-state index in [9.17, 15) is 13.2 Å². The minimum Gasteiger partial charge on any atom is -0.276 e. The van der Waals surface area contributed by atoms with E-state index >= 15 is 0 Å². The third-order valence-electron chi connectivity index (χ3n) is 3.11. The average molecular weight is 308 g/mol. The van der Waals surface area contributed by atoms with Crippen LogP contribution in [0.4, 0.5) is 13.2 Å². The SMILES string of the molecule is Cc1cc(-c2nnn(Cc3nccn3C(F)F)n2)ccc1F. The van der Waals surface area contributed by atoms with Crippen LogP contribution in [0.1, 0.15) is 17.9 Å². The first-order valence-corrected chi connectivity index (χ1v) is 6.39. The van der Waals surface area contributed by atoms with E-state index in [1.807, 2.05) is 0 Å². The van der Waals surface area contributed by atoms with E-state index in [2.05, 4.69) is 20.4 Å². The number of benzene rings is 1. The highest BCUT2D eigenvalue weighted by Gasteiger charge is 2.14. The van der Waals surface area contributed by atoms with E-state index in [-0.39, 0.29) is 18.2 Å². The molecule has 0 N–H and O–H groups in total. The van der Waals surface area contributed by atoms with Crippen molar-refractivity contribution >= 4 is 0 Å². The molecule has 114 valence electrons. The minimum atomic E-state index is -2.68. The van der Waals surface area contributed by atoms with E-state index in [0.29, 0.717) is 17.0 Å². The monoisotopic (exact) mass is 308 g/mol. The van der Waals surface area contributed by atoms with Crippen LogP contribution >= 0.6 is 0 Å². The van der Waals surface area contributed by atoms with Gasteiger partial charge in [0, 0.05) is 18.0 Å². The fraction of sp³-hybridized carbons (Fsp3) is 0.231. The van der Waals surface area contributed by atoms with Gasteiger partial charge in [-0.1, -0.05) is 0 Å². The lowest BCUT2D eigenvalue weighted by Gasteiger charge is -2.04. The van der Waals surface area contributed by atoms with Gasteiger partial charge in [-0.15, -0.1) is 10.2 Å². The minimum absolute atomic E-state index is 0.0372. The van der Waals surface area contributed by atoms with Crippen LogP contribution in [0, 0.1) is 12.7 Å². The standard InChI is InChI=1S/C13H11F3N6/c1-8-6-9(2-3-10(8)14)12-18-20-22(19-12)7-11-17-4-5-21(11)13(15)16/h2-6,13H,7H2,1H3. The number of halogens is 3. The number of aromatic nitrogens is 6. The zero-order chi connectivity index (χ0) is 15.7. The molecule has 3 rings (SSSR count). The first kappa shape index (κ1) is 14.2. The summed E-state index contributed by atoms with van der Waals surface area (Å²) in [5.41, 5.74) is 1.06. The molecule has 0 saturated carbocycles. The maximum Gasteiger partial charge on any atom is 0.319 e. The molecule has 3 aromatic rings. The van der Waals surface area contributed by atoms with Gasteiger partial charge in [-0.25, -0.2) is 9.37 Å². The Kier molecular flexibility index (Phi) is 3.61. The smallest absolute Gasteiger partial charge is 0.276 e. The zero-order valence-electron chi connectivity index (χ0n) is 11.5. The molecule has 0 amide bonds. The fourth-order valence-electron chi connectivity index (χ4n) is 1.98. The topological polar surface area (TPSA) is 61.4 Å². The lowest BCUT2D eigenvalue weighted by Crippen LogP contribution is -2.11. The highest BCUT2D eigenvalue weighted by Crippen LogP contribution is 2.18. The fourth-order valence-corrected chi connectivity index (χ4v) is 1.98. The summed E-state index contributed by atoms with van der Waals surface area (Å²) in [6.45, 7) is -1.09. The third-order valence-corrected chi connectivity index (χ3v) is 3.11. The number of hydrogen-bond acceptors (Lipinski definition) is 4. The maximum absolute atomic E-state index is 13.2. The second-order valence-corrected chi connectivity index (χ2v) is 4.64. The van der Waals surface area contributed by atoms with Crippen LogP contribution in [0.3, 0.4) is 0 Å². The van der Waals surface area contributed by atoms with E-state index in [1.54, 1.807) is 13.0 Å². The zero-order valence-corrected chi connectivity index (χ0v) is 11.5. The highest BCUT2D eigenvalue weighted by molar-refractivity contribution is 5.55. The van der Waals surface area contributed by atoms with Gasteiger partial charge in [-0.2, -0.15) is 13.6 Å². The van der Waals surface area contributed by atoms with Gasteiger partial charge in [-0.3, -0.25) is 4.57 Å². The molecule has 22 heavy (non-hydrogen) atoms. The first-order chi connectivity index (χ1) is 10.5. The van der Waals surface area contributed by atoms with Gasteiger partial charge in [0.1, 0.15) is 18.2 Å². The molecule has 9 heteroatoms. The van der Waals surface area contributed by atoms with Gasteiger partial charge >= 0.3 is 6.55 Å². The molecule has 0 saturated heterocycles. The van der Waals surface area contributed by atoms with Gasteiger partial charge < -0.3 is 0 Å². The molecular formula is C13H11F3N6. The Labute approximate surface area is 123 Å². The van der Waals surface area contributed by atoms with E-state index in [1.165, 1.54) is 24.5 Å². The summed E-state index contributed by atoms with van der Waals surface area (Å²) < 4.78 is 39.5. The maximum atomic E-state index is 13.2. The van der Waals surface area contributed by atoms with Crippen molar-refractivity contribution in [1.29, 1.82) is 0 Å². The van der Waals surface area contributed by atoms with Crippen molar-refractivity contribution in [2.75, 3.05) is 0 Å². The molecule has 0 unspecified atom stereocenters. The number of rotatable bonds is 4. The second kappa shape index (κ2) is 5.58. The van der Waals surface area contributed by atoms with Crippen LogP contribution in [0.2, 0.25) is 0 Å². The number of hydrogen-bond donors (Lipinski definition) is 0. The number of aryl methyl sites for hydroxylation is 1. The first-order valence-electron chi connectivity index (χ1n) is 6.39. The van der Waals surface area contributed by atoms with E-state index in [0.717, 1.165) is 9.36 Å². The summed E-state index contributed by atoms with van der Waals surface area (Å²) in [5, 5.41) is 11.8. The Bertz CT molecular complexity index is 795. The molecule has 0 bridgehead atoms. The van der Waals surface area contributed by atoms with Crippen molar-refractivity contribution in [2.45, 2.75) is 20.0 Å². The average Bonchev–Trinajstić information content (AvgIpc) is 3.11. The molecule has 0 spiro atoms. The summed E-state index contributed by atoms with van der Waals surface area (Å²) in [7, 11) is 0. The lowest BCUT2D eigenvalue weighted by molar-refractivity contribution is 0.0663. The number of imidazole rings is 1. The van der Waals surface area contributed by atoms with Crippen LogP contribution in [0.15, 0.2) is 30.6 Å². The molecule has 6 nitrogen and oxygen atoms in total. The van der Waals surface area contributed by atoms with Crippen molar-refractivity contribution in [3.8, 4) is 11.4 Å². The second-order valence-electron chi connectivity index (χ2n) is 4.64. The molecule has 0 atom stereocenters. The van der Waals surface area contributed by atoms with Crippen molar-refractivity contribution < 1.29 is 13.2 Å². The third kappa shape index (κ3) is 2.69. The largest absolute Gasteiger partial charge is 0.319 e. The molecule has 0 radical (unpaired) electrons.